The van der Waals surface area contributed by atoms with Gasteiger partial charge in [-0.05, 0) is 77.1 Å². The van der Waals surface area contributed by atoms with Crippen LogP contribution in [0, 0.1) is 13.8 Å². The van der Waals surface area contributed by atoms with E-state index in [1.54, 1.807) is 12.1 Å². The highest BCUT2D eigenvalue weighted by molar-refractivity contribution is 5.98. The van der Waals surface area contributed by atoms with E-state index >= 15 is 0 Å². The Bertz CT molecular complexity index is 641. The lowest BCUT2D eigenvalue weighted by molar-refractivity contribution is -0.122. The number of likely N-dealkylation sites (tertiary alicyclic amines) is 1. The maximum atomic E-state index is 12.8. The van der Waals surface area contributed by atoms with Crippen LogP contribution in [0.3, 0.4) is 0 Å². The number of anilines is 1. The molecule has 1 atom stereocenters. The van der Waals surface area contributed by atoms with Gasteiger partial charge in [0.2, 0.25) is 5.91 Å². The van der Waals surface area contributed by atoms with Crippen molar-refractivity contribution in [2.75, 3.05) is 11.9 Å². The predicted molar refractivity (Wildman–Crippen MR) is 96.8 cm³/mol. The van der Waals surface area contributed by atoms with Crippen molar-refractivity contribution in [2.24, 2.45) is 0 Å². The first kappa shape index (κ1) is 19.1. The number of phenols is 1. The molecule has 6 heteroatoms. The van der Waals surface area contributed by atoms with Crippen LogP contribution >= 0.6 is 0 Å². The third-order valence-electron chi connectivity index (χ3n) is 4.20. The summed E-state index contributed by atoms with van der Waals surface area (Å²) in [4.78, 5) is 26.8. The third-order valence-corrected chi connectivity index (χ3v) is 4.20. The summed E-state index contributed by atoms with van der Waals surface area (Å²) in [5.74, 6) is -0.0523. The number of nitrogens with zero attached hydrogens (tertiary/aromatic N) is 1. The largest absolute Gasteiger partial charge is 0.508 e. The van der Waals surface area contributed by atoms with E-state index in [0.29, 0.717) is 18.7 Å². The van der Waals surface area contributed by atoms with E-state index in [4.69, 9.17) is 4.74 Å². The highest BCUT2D eigenvalue weighted by atomic mass is 16.6. The summed E-state index contributed by atoms with van der Waals surface area (Å²) in [6, 6.07) is 2.67. The molecule has 2 rings (SSSR count). The second kappa shape index (κ2) is 7.33. The lowest BCUT2D eigenvalue weighted by atomic mass is 10.0. The van der Waals surface area contributed by atoms with Crippen LogP contribution in [0.15, 0.2) is 12.1 Å². The van der Waals surface area contributed by atoms with Crippen molar-refractivity contribution in [3.63, 3.8) is 0 Å². The molecule has 0 spiro atoms. The van der Waals surface area contributed by atoms with Gasteiger partial charge in [-0.3, -0.25) is 9.69 Å². The molecule has 0 radical (unpaired) electrons. The minimum absolute atomic E-state index is 0.168. The van der Waals surface area contributed by atoms with Crippen molar-refractivity contribution < 1.29 is 19.4 Å². The number of hydrogen-bond acceptors (Lipinski definition) is 4. The molecule has 1 aromatic carbocycles. The minimum atomic E-state index is -0.598. The van der Waals surface area contributed by atoms with E-state index in [9.17, 15) is 14.7 Å². The lowest BCUT2D eigenvalue weighted by Crippen LogP contribution is -2.51. The van der Waals surface area contributed by atoms with E-state index < -0.39 is 17.7 Å². The van der Waals surface area contributed by atoms with E-state index in [-0.39, 0.29) is 11.7 Å². The quantitative estimate of drug-likeness (QED) is 0.798. The Labute approximate surface area is 149 Å². The Morgan fingerprint density at radius 1 is 1.20 bits per heavy atom. The van der Waals surface area contributed by atoms with E-state index in [0.717, 1.165) is 24.0 Å². The Kier molecular flexibility index (Phi) is 5.60. The molecule has 0 bridgehead atoms. The first-order chi connectivity index (χ1) is 11.6. The van der Waals surface area contributed by atoms with Gasteiger partial charge in [-0.1, -0.05) is 0 Å². The topological polar surface area (TPSA) is 78.9 Å². The van der Waals surface area contributed by atoms with Crippen molar-refractivity contribution in [1.29, 1.82) is 0 Å². The van der Waals surface area contributed by atoms with Gasteiger partial charge in [0, 0.05) is 12.2 Å². The van der Waals surface area contributed by atoms with Crippen LogP contribution in [0.1, 0.15) is 51.2 Å². The molecular weight excluding hydrogens is 320 g/mol. The van der Waals surface area contributed by atoms with Gasteiger partial charge in [0.25, 0.3) is 0 Å². The van der Waals surface area contributed by atoms with Crippen LogP contribution in [0.25, 0.3) is 0 Å². The summed E-state index contributed by atoms with van der Waals surface area (Å²) in [7, 11) is 0. The minimum Gasteiger partial charge on any atom is -0.508 e. The van der Waals surface area contributed by atoms with Crippen LogP contribution in [-0.4, -0.2) is 40.2 Å². The summed E-state index contributed by atoms with van der Waals surface area (Å²) in [6.07, 6.45) is 1.92. The SMILES string of the molecule is Cc1cc(O)cc(C)c1NC(=O)[C@@H]1CCCCN1C(=O)OC(C)(C)C. The van der Waals surface area contributed by atoms with Crippen molar-refractivity contribution in [3.8, 4) is 5.75 Å². The number of amides is 2. The molecule has 0 saturated carbocycles. The maximum absolute atomic E-state index is 12.8. The smallest absolute Gasteiger partial charge is 0.410 e. The van der Waals surface area contributed by atoms with Gasteiger partial charge in [0.1, 0.15) is 17.4 Å². The number of phenolic OH excluding ortho intramolecular Hbond substituents is 1. The Morgan fingerprint density at radius 2 is 1.80 bits per heavy atom. The standard InChI is InChI=1S/C19H28N2O4/c1-12-10-14(22)11-13(2)16(12)20-17(23)15-8-6-7-9-21(15)18(24)25-19(3,4)5/h10-11,15,22H,6-9H2,1-5H3,(H,20,23)/t15-/m0/s1. The summed E-state index contributed by atoms with van der Waals surface area (Å²) >= 11 is 0. The third kappa shape index (κ3) is 4.87. The van der Waals surface area contributed by atoms with E-state index in [2.05, 4.69) is 5.32 Å². The zero-order valence-electron chi connectivity index (χ0n) is 15.7. The number of carbonyl (C=O) groups excluding carboxylic acids is 2. The number of ether oxygens (including phenoxy) is 1. The zero-order chi connectivity index (χ0) is 18.8. The molecule has 1 aromatic rings. The number of aryl methyl sites for hydroxylation is 2. The molecule has 0 aromatic heterocycles. The van der Waals surface area contributed by atoms with E-state index in [1.807, 2.05) is 34.6 Å². The average molecular weight is 348 g/mol. The summed E-state index contributed by atoms with van der Waals surface area (Å²) in [5, 5.41) is 12.6. The molecule has 1 aliphatic heterocycles. The molecule has 1 aliphatic rings. The second-order valence-electron chi connectivity index (χ2n) is 7.63. The molecule has 0 aliphatic carbocycles. The lowest BCUT2D eigenvalue weighted by Gasteiger charge is -2.36. The molecule has 1 fully saturated rings. The summed E-state index contributed by atoms with van der Waals surface area (Å²) in [5.41, 5.74) is 1.65. The number of rotatable bonds is 2. The molecule has 138 valence electrons. The predicted octanol–water partition coefficient (Wildman–Crippen LogP) is 3.74. The highest BCUT2D eigenvalue weighted by Gasteiger charge is 2.35. The number of nitrogens with one attached hydrogen (secondary N) is 1. The van der Waals surface area contributed by atoms with Crippen LogP contribution < -0.4 is 5.32 Å². The van der Waals surface area contributed by atoms with Gasteiger partial charge in [-0.25, -0.2) is 4.79 Å². The van der Waals surface area contributed by atoms with E-state index in [1.165, 1.54) is 4.90 Å². The second-order valence-corrected chi connectivity index (χ2v) is 7.63. The first-order valence-corrected chi connectivity index (χ1v) is 8.69. The number of hydrogen-bond donors (Lipinski definition) is 2. The van der Waals surface area contributed by atoms with Crippen LogP contribution in [0.5, 0.6) is 5.75 Å². The molecular formula is C19H28N2O4. The number of benzene rings is 1. The molecule has 25 heavy (non-hydrogen) atoms. The average Bonchev–Trinajstić information content (AvgIpc) is 2.49. The van der Waals surface area contributed by atoms with Gasteiger partial charge in [-0.2, -0.15) is 0 Å². The Morgan fingerprint density at radius 3 is 2.36 bits per heavy atom. The highest BCUT2D eigenvalue weighted by Crippen LogP contribution is 2.27. The monoisotopic (exact) mass is 348 g/mol. The van der Waals surface area contributed by atoms with Crippen LogP contribution in [-0.2, 0) is 9.53 Å². The zero-order valence-corrected chi connectivity index (χ0v) is 15.7. The van der Waals surface area contributed by atoms with Gasteiger partial charge in [0.05, 0.1) is 0 Å². The first-order valence-electron chi connectivity index (χ1n) is 8.69. The summed E-state index contributed by atoms with van der Waals surface area (Å²) < 4.78 is 5.44. The molecule has 2 amide bonds. The molecule has 2 N–H and O–H groups in total. The normalized spacial score (nSPS) is 18.0. The maximum Gasteiger partial charge on any atom is 0.410 e. The van der Waals surface area contributed by atoms with Crippen LogP contribution in [0.4, 0.5) is 10.5 Å². The number of carbonyl (C=O) groups is 2. The number of piperidine rings is 1. The Balaban J connectivity index is 2.17. The van der Waals surface area contributed by atoms with Gasteiger partial charge < -0.3 is 15.2 Å². The number of aromatic hydroxyl groups is 1. The van der Waals surface area contributed by atoms with Crippen LogP contribution in [0.2, 0.25) is 0 Å². The van der Waals surface area contributed by atoms with Gasteiger partial charge in [-0.15, -0.1) is 0 Å². The van der Waals surface area contributed by atoms with Gasteiger partial charge in [0.15, 0.2) is 0 Å². The van der Waals surface area contributed by atoms with Gasteiger partial charge >= 0.3 is 6.09 Å². The van der Waals surface area contributed by atoms with Crippen molar-refractivity contribution in [1.82, 2.24) is 4.90 Å². The summed E-state index contributed by atoms with van der Waals surface area (Å²) in [6.45, 7) is 9.61. The molecule has 0 unspecified atom stereocenters. The fraction of sp³-hybridized carbons (Fsp3) is 0.579. The fourth-order valence-electron chi connectivity index (χ4n) is 3.09. The van der Waals surface area contributed by atoms with Crippen molar-refractivity contribution in [2.45, 2.75) is 65.5 Å². The molecule has 1 heterocycles. The van der Waals surface area contributed by atoms with Crippen molar-refractivity contribution in [3.05, 3.63) is 23.3 Å². The van der Waals surface area contributed by atoms with Crippen molar-refractivity contribution >= 4 is 17.7 Å². The fourth-order valence-corrected chi connectivity index (χ4v) is 3.09. The molecule has 6 nitrogen and oxygen atoms in total. The molecule has 1 saturated heterocycles. The Hall–Kier alpha value is -2.24.